The molecule has 1 aromatic carbocycles. The van der Waals surface area contributed by atoms with Crippen LogP contribution in [0.2, 0.25) is 0 Å². The molecular formula is C18H10BrClN2OS2. The number of thiophene rings is 2. The minimum atomic E-state index is -0.174. The van der Waals surface area contributed by atoms with E-state index in [9.17, 15) is 4.79 Å². The lowest BCUT2D eigenvalue weighted by atomic mass is 10.2. The predicted molar refractivity (Wildman–Crippen MR) is 111 cm³/mol. The molecule has 1 N–H and O–H groups in total. The zero-order valence-electron chi connectivity index (χ0n) is 12.6. The molecule has 0 aliphatic rings. The molecule has 0 unspecified atom stereocenters. The van der Waals surface area contributed by atoms with Crippen LogP contribution in [0.5, 0.6) is 0 Å². The van der Waals surface area contributed by atoms with Gasteiger partial charge in [0.25, 0.3) is 5.56 Å². The number of H-pyrrole nitrogens is 1. The Balaban J connectivity index is 1.79. The van der Waals surface area contributed by atoms with Crippen LogP contribution in [-0.4, -0.2) is 9.97 Å². The molecule has 7 heteroatoms. The van der Waals surface area contributed by atoms with Crippen molar-refractivity contribution in [2.75, 3.05) is 0 Å². The van der Waals surface area contributed by atoms with E-state index in [1.165, 1.54) is 11.3 Å². The molecule has 0 amide bonds. The number of fused-ring (bicyclic) bond motifs is 1. The van der Waals surface area contributed by atoms with Crippen LogP contribution in [-0.2, 0) is 0 Å². The van der Waals surface area contributed by atoms with Crippen LogP contribution in [0.25, 0.3) is 31.8 Å². The van der Waals surface area contributed by atoms with Gasteiger partial charge in [0.15, 0.2) is 5.82 Å². The van der Waals surface area contributed by atoms with Crippen LogP contribution >= 0.6 is 50.2 Å². The van der Waals surface area contributed by atoms with E-state index in [2.05, 4.69) is 25.9 Å². The van der Waals surface area contributed by atoms with Crippen molar-refractivity contribution < 1.29 is 0 Å². The SMILES string of the molecule is O=c1[nH]c(/C(Cl)=C\c2ccc(Br)cc2)nc2scc(-c3cccs3)c12. The standard InChI is InChI=1S/C18H10BrClN2OS2/c19-11-5-3-10(4-6-11)8-13(20)16-21-17(23)15-12(9-25-18(15)22-16)14-2-1-7-24-14/h1-9H,(H,21,22,23)/b13-8+. The molecular weight excluding hydrogens is 440 g/mol. The maximum Gasteiger partial charge on any atom is 0.260 e. The Morgan fingerprint density at radius 3 is 2.72 bits per heavy atom. The summed E-state index contributed by atoms with van der Waals surface area (Å²) in [6, 6.07) is 11.7. The van der Waals surface area contributed by atoms with E-state index in [-0.39, 0.29) is 5.56 Å². The first kappa shape index (κ1) is 16.7. The van der Waals surface area contributed by atoms with Gasteiger partial charge in [-0.3, -0.25) is 4.79 Å². The summed E-state index contributed by atoms with van der Waals surface area (Å²) in [4.78, 5) is 21.7. The van der Waals surface area contributed by atoms with E-state index in [4.69, 9.17) is 11.6 Å². The van der Waals surface area contributed by atoms with E-state index in [1.54, 1.807) is 17.4 Å². The average Bonchev–Trinajstić information content (AvgIpc) is 3.25. The van der Waals surface area contributed by atoms with Gasteiger partial charge in [0.05, 0.1) is 10.4 Å². The van der Waals surface area contributed by atoms with E-state index in [1.807, 2.05) is 47.2 Å². The molecule has 4 rings (SSSR count). The van der Waals surface area contributed by atoms with Gasteiger partial charge in [0.2, 0.25) is 0 Å². The van der Waals surface area contributed by atoms with Gasteiger partial charge in [-0.05, 0) is 35.2 Å². The zero-order chi connectivity index (χ0) is 17.4. The van der Waals surface area contributed by atoms with Crippen molar-refractivity contribution in [3.05, 3.63) is 73.4 Å². The fraction of sp³-hybridized carbons (Fsp3) is 0. The number of aromatic amines is 1. The van der Waals surface area contributed by atoms with Gasteiger partial charge in [-0.25, -0.2) is 4.98 Å². The molecule has 0 aliphatic carbocycles. The lowest BCUT2D eigenvalue weighted by Gasteiger charge is -2.01. The molecule has 3 heterocycles. The van der Waals surface area contributed by atoms with E-state index < -0.39 is 0 Å². The molecule has 124 valence electrons. The van der Waals surface area contributed by atoms with Crippen molar-refractivity contribution in [3.63, 3.8) is 0 Å². The molecule has 0 bridgehead atoms. The number of hydrogen-bond donors (Lipinski definition) is 1. The van der Waals surface area contributed by atoms with E-state index in [0.29, 0.717) is 21.1 Å². The Morgan fingerprint density at radius 1 is 1.20 bits per heavy atom. The Bertz CT molecular complexity index is 1130. The largest absolute Gasteiger partial charge is 0.305 e. The Kier molecular flexibility index (Phi) is 4.60. The van der Waals surface area contributed by atoms with Gasteiger partial charge in [-0.2, -0.15) is 0 Å². The molecule has 0 atom stereocenters. The number of aromatic nitrogens is 2. The van der Waals surface area contributed by atoms with Crippen LogP contribution in [0, 0.1) is 0 Å². The number of nitrogens with one attached hydrogen (secondary N) is 1. The van der Waals surface area contributed by atoms with Crippen LogP contribution in [0.3, 0.4) is 0 Å². The van der Waals surface area contributed by atoms with Crippen LogP contribution in [0.15, 0.2) is 56.4 Å². The summed E-state index contributed by atoms with van der Waals surface area (Å²) in [7, 11) is 0. The molecule has 0 spiro atoms. The summed E-state index contributed by atoms with van der Waals surface area (Å²) in [5, 5.41) is 4.97. The molecule has 25 heavy (non-hydrogen) atoms. The van der Waals surface area contributed by atoms with Crippen molar-refractivity contribution in [2.24, 2.45) is 0 Å². The lowest BCUT2D eigenvalue weighted by Crippen LogP contribution is -2.10. The van der Waals surface area contributed by atoms with E-state index >= 15 is 0 Å². The monoisotopic (exact) mass is 448 g/mol. The lowest BCUT2D eigenvalue weighted by molar-refractivity contribution is 1.14. The van der Waals surface area contributed by atoms with Crippen molar-refractivity contribution >= 4 is 71.5 Å². The number of hydrogen-bond acceptors (Lipinski definition) is 4. The average molecular weight is 450 g/mol. The van der Waals surface area contributed by atoms with Gasteiger partial charge >= 0.3 is 0 Å². The number of halogens is 2. The molecule has 4 aromatic rings. The molecule has 0 saturated heterocycles. The van der Waals surface area contributed by atoms with Gasteiger partial charge in [-0.1, -0.05) is 45.7 Å². The van der Waals surface area contributed by atoms with Crippen molar-refractivity contribution in [1.82, 2.24) is 9.97 Å². The zero-order valence-corrected chi connectivity index (χ0v) is 16.6. The summed E-state index contributed by atoms with van der Waals surface area (Å²) < 4.78 is 0.994. The summed E-state index contributed by atoms with van der Waals surface area (Å²) >= 11 is 12.8. The fourth-order valence-electron chi connectivity index (χ4n) is 2.45. The Hall–Kier alpha value is -1.73. The van der Waals surface area contributed by atoms with Crippen LogP contribution in [0.1, 0.15) is 11.4 Å². The minimum Gasteiger partial charge on any atom is -0.305 e. The highest BCUT2D eigenvalue weighted by atomic mass is 79.9. The van der Waals surface area contributed by atoms with Gasteiger partial charge in [0, 0.05) is 20.3 Å². The summed E-state index contributed by atoms with van der Waals surface area (Å²) in [5.41, 5.74) is 1.68. The second kappa shape index (κ2) is 6.88. The van der Waals surface area contributed by atoms with Gasteiger partial charge in [0.1, 0.15) is 4.83 Å². The molecule has 0 fully saturated rings. The summed E-state index contributed by atoms with van der Waals surface area (Å²) in [6.07, 6.45) is 1.78. The maximum absolute atomic E-state index is 12.6. The third-order valence-electron chi connectivity index (χ3n) is 3.62. The maximum atomic E-state index is 12.6. The minimum absolute atomic E-state index is 0.174. The second-order valence-electron chi connectivity index (χ2n) is 5.27. The molecule has 0 saturated carbocycles. The van der Waals surface area contributed by atoms with E-state index in [0.717, 1.165) is 20.5 Å². The summed E-state index contributed by atoms with van der Waals surface area (Å²) in [6.45, 7) is 0. The molecule has 0 aliphatic heterocycles. The number of rotatable bonds is 3. The van der Waals surface area contributed by atoms with Gasteiger partial charge in [-0.15, -0.1) is 22.7 Å². The first-order chi connectivity index (χ1) is 12.1. The third kappa shape index (κ3) is 3.35. The Morgan fingerprint density at radius 2 is 2.00 bits per heavy atom. The van der Waals surface area contributed by atoms with Crippen LogP contribution < -0.4 is 5.56 Å². The van der Waals surface area contributed by atoms with Crippen molar-refractivity contribution in [3.8, 4) is 10.4 Å². The highest BCUT2D eigenvalue weighted by molar-refractivity contribution is 9.10. The molecule has 3 aromatic heterocycles. The fourth-order valence-corrected chi connectivity index (χ4v) is 4.69. The highest BCUT2D eigenvalue weighted by Gasteiger charge is 2.14. The summed E-state index contributed by atoms with van der Waals surface area (Å²) in [5.74, 6) is 0.377. The van der Waals surface area contributed by atoms with Crippen molar-refractivity contribution in [2.45, 2.75) is 0 Å². The topological polar surface area (TPSA) is 45.8 Å². The molecule has 3 nitrogen and oxygen atoms in total. The van der Waals surface area contributed by atoms with Crippen LogP contribution in [0.4, 0.5) is 0 Å². The Labute approximate surface area is 164 Å². The first-order valence-electron chi connectivity index (χ1n) is 7.30. The quantitative estimate of drug-likeness (QED) is 0.404. The first-order valence-corrected chi connectivity index (χ1v) is 10.2. The highest BCUT2D eigenvalue weighted by Crippen LogP contribution is 2.34. The van der Waals surface area contributed by atoms with Gasteiger partial charge < -0.3 is 4.98 Å². The smallest absolute Gasteiger partial charge is 0.260 e. The second-order valence-corrected chi connectivity index (χ2v) is 8.39. The molecule has 0 radical (unpaired) electrons. The normalized spacial score (nSPS) is 12.0. The van der Waals surface area contributed by atoms with Crippen molar-refractivity contribution in [1.29, 1.82) is 0 Å². The third-order valence-corrected chi connectivity index (χ3v) is 6.21. The number of nitrogens with zero attached hydrogens (tertiary/aromatic N) is 1. The predicted octanol–water partition coefficient (Wildman–Crippen LogP) is 6.21. The number of benzene rings is 1.